The molecule has 0 aliphatic rings. The van der Waals surface area contributed by atoms with Crippen LogP contribution in [0.5, 0.6) is 0 Å². The second kappa shape index (κ2) is 8.04. The summed E-state index contributed by atoms with van der Waals surface area (Å²) in [5, 5.41) is 0. The molecule has 0 spiro atoms. The van der Waals surface area contributed by atoms with Crippen LogP contribution in [0.2, 0.25) is 0 Å². The summed E-state index contributed by atoms with van der Waals surface area (Å²) < 4.78 is 0. The van der Waals surface area contributed by atoms with Crippen molar-refractivity contribution in [2.75, 3.05) is 0 Å². The quantitative estimate of drug-likeness (QED) is 0.546. The van der Waals surface area contributed by atoms with E-state index in [1.165, 1.54) is 0 Å². The van der Waals surface area contributed by atoms with Crippen molar-refractivity contribution in [2.45, 2.75) is 0 Å². The van der Waals surface area contributed by atoms with Crippen molar-refractivity contribution in [3.05, 3.63) is 72.8 Å². The van der Waals surface area contributed by atoms with E-state index in [0.29, 0.717) is 0 Å². The minimum atomic E-state index is 0. The van der Waals surface area contributed by atoms with Crippen molar-refractivity contribution in [2.24, 2.45) is 0 Å². The molecule has 0 N–H and O–H groups in total. The van der Waals surface area contributed by atoms with Crippen LogP contribution in [0.4, 0.5) is 0 Å². The summed E-state index contributed by atoms with van der Waals surface area (Å²) in [4.78, 5) is 0. The maximum atomic E-state index is 3.66. The van der Waals surface area contributed by atoms with Gasteiger partial charge in [0.2, 0.25) is 0 Å². The van der Waals surface area contributed by atoms with Crippen molar-refractivity contribution in [3.63, 3.8) is 0 Å². The van der Waals surface area contributed by atoms with Gasteiger partial charge in [-0.1, -0.05) is 5.56 Å². The Morgan fingerprint density at radius 1 is 1.13 bits per heavy atom. The summed E-state index contributed by atoms with van der Waals surface area (Å²) >= 11 is 0. The normalized spacial score (nSPS) is 8.00. The number of rotatable bonds is 2. The molecule has 1 heteroatoms. The monoisotopic (exact) mass is 238 g/mol. The van der Waals surface area contributed by atoms with E-state index in [9.17, 15) is 0 Å². The van der Waals surface area contributed by atoms with Gasteiger partial charge in [0.15, 0.2) is 0 Å². The Balaban J connectivity index is 0.000000280. The predicted molar refractivity (Wildman–Crippen MR) is 64.3 cm³/mol. The van der Waals surface area contributed by atoms with Gasteiger partial charge in [0, 0.05) is 0 Å². The second-order valence-corrected chi connectivity index (χ2v) is 2.81. The Morgan fingerprint density at radius 2 is 1.80 bits per heavy atom. The van der Waals surface area contributed by atoms with Crippen LogP contribution < -0.4 is 0 Å². The summed E-state index contributed by atoms with van der Waals surface area (Å²) in [5.41, 5.74) is 2.31. The number of hydrogen-bond donors (Lipinski definition) is 0. The van der Waals surface area contributed by atoms with Crippen LogP contribution in [0.15, 0.2) is 61.7 Å². The van der Waals surface area contributed by atoms with Gasteiger partial charge in [-0.15, -0.1) is 30.4 Å². The van der Waals surface area contributed by atoms with Gasteiger partial charge in [0.05, 0.1) is 0 Å². The smallest absolute Gasteiger partial charge is 0.214 e. The van der Waals surface area contributed by atoms with Crippen molar-refractivity contribution >= 4 is 12.2 Å². The molecule has 0 aliphatic heterocycles. The fourth-order valence-corrected chi connectivity index (χ4v) is 1.14. The Kier molecular flexibility index (Phi) is 7.35. The van der Waals surface area contributed by atoms with Crippen LogP contribution in [-0.2, 0) is 17.1 Å². The molecule has 0 atom stereocenters. The standard InChI is InChI=1S/C9H9.C5H5.Fe/c1-3-8-6-5-7-9(8)4-2;1-2-4-5-3-1;/h3-7H,1-2H2;1-5H;/q2*-1;+2. The van der Waals surface area contributed by atoms with Crippen LogP contribution >= 0.6 is 0 Å². The molecule has 0 unspecified atom stereocenters. The molecule has 78 valence electrons. The molecule has 2 aromatic rings. The summed E-state index contributed by atoms with van der Waals surface area (Å²) in [7, 11) is 0. The molecule has 0 saturated carbocycles. The first kappa shape index (κ1) is 13.7. The molecule has 0 saturated heterocycles. The molecule has 0 nitrogen and oxygen atoms in total. The molecule has 0 fully saturated rings. The molecule has 0 aliphatic carbocycles. The van der Waals surface area contributed by atoms with Gasteiger partial charge >= 0.3 is 17.1 Å². The maximum absolute atomic E-state index is 3.66. The summed E-state index contributed by atoms with van der Waals surface area (Å²) in [6, 6.07) is 16.0. The van der Waals surface area contributed by atoms with Gasteiger partial charge in [0.25, 0.3) is 0 Å². The van der Waals surface area contributed by atoms with Crippen molar-refractivity contribution in [3.8, 4) is 0 Å². The van der Waals surface area contributed by atoms with Crippen LogP contribution in [0.3, 0.4) is 0 Å². The van der Waals surface area contributed by atoms with Gasteiger partial charge in [-0.05, 0) is 0 Å². The third-order valence-corrected chi connectivity index (χ3v) is 1.88. The van der Waals surface area contributed by atoms with Gasteiger partial charge in [0.1, 0.15) is 0 Å². The van der Waals surface area contributed by atoms with E-state index in [1.807, 2.05) is 60.7 Å². The summed E-state index contributed by atoms with van der Waals surface area (Å²) in [5.74, 6) is 0. The molecule has 2 rings (SSSR count). The summed E-state index contributed by atoms with van der Waals surface area (Å²) in [6.07, 6.45) is 3.66. The third kappa shape index (κ3) is 4.64. The SMILES string of the molecule is C=Cc1ccc[c-]1C=C.[Fe+2].c1cc[cH-]c1. The predicted octanol–water partition coefficient (Wildman–Crippen LogP) is 4.09. The third-order valence-electron chi connectivity index (χ3n) is 1.88. The zero-order chi connectivity index (χ0) is 10.2. The first-order chi connectivity index (χ1) is 6.88. The van der Waals surface area contributed by atoms with Gasteiger partial charge in [-0.3, -0.25) is 0 Å². The molecule has 15 heavy (non-hydrogen) atoms. The Morgan fingerprint density at radius 3 is 2.13 bits per heavy atom. The van der Waals surface area contributed by atoms with E-state index in [4.69, 9.17) is 0 Å². The van der Waals surface area contributed by atoms with Crippen LogP contribution in [-0.4, -0.2) is 0 Å². The molecular formula is C14H14Fe. The molecule has 0 aromatic heterocycles. The van der Waals surface area contributed by atoms with E-state index in [2.05, 4.69) is 13.2 Å². The second-order valence-electron chi connectivity index (χ2n) is 2.81. The largest absolute Gasteiger partial charge is 2.00 e. The van der Waals surface area contributed by atoms with Crippen LogP contribution in [0, 0.1) is 0 Å². The zero-order valence-corrected chi connectivity index (χ0v) is 9.65. The number of hydrogen-bond acceptors (Lipinski definition) is 0. The van der Waals surface area contributed by atoms with Crippen molar-refractivity contribution in [1.29, 1.82) is 0 Å². The molecule has 0 heterocycles. The minimum Gasteiger partial charge on any atom is -0.214 e. The van der Waals surface area contributed by atoms with E-state index < -0.39 is 0 Å². The van der Waals surface area contributed by atoms with Crippen molar-refractivity contribution < 1.29 is 17.1 Å². The minimum absolute atomic E-state index is 0. The molecule has 0 radical (unpaired) electrons. The van der Waals surface area contributed by atoms with E-state index >= 15 is 0 Å². The maximum Gasteiger partial charge on any atom is 2.00 e. The molecular weight excluding hydrogens is 224 g/mol. The Bertz CT molecular complexity index is 326. The van der Waals surface area contributed by atoms with Gasteiger partial charge in [-0.2, -0.15) is 36.9 Å². The molecule has 0 bridgehead atoms. The van der Waals surface area contributed by atoms with Gasteiger partial charge in [-0.25, -0.2) is 12.1 Å². The Hall–Kier alpha value is -1.30. The van der Waals surface area contributed by atoms with Crippen LogP contribution in [0.1, 0.15) is 11.1 Å². The fraction of sp³-hybridized carbons (Fsp3) is 0. The van der Waals surface area contributed by atoms with E-state index in [0.717, 1.165) is 11.1 Å². The van der Waals surface area contributed by atoms with E-state index in [-0.39, 0.29) is 17.1 Å². The van der Waals surface area contributed by atoms with Crippen molar-refractivity contribution in [1.82, 2.24) is 0 Å². The first-order valence-corrected chi connectivity index (χ1v) is 4.55. The molecule has 2 aromatic carbocycles. The molecule has 0 amide bonds. The van der Waals surface area contributed by atoms with E-state index in [1.54, 1.807) is 0 Å². The first-order valence-electron chi connectivity index (χ1n) is 4.55. The zero-order valence-electron chi connectivity index (χ0n) is 8.54. The summed E-state index contributed by atoms with van der Waals surface area (Å²) in [6.45, 7) is 7.33. The topological polar surface area (TPSA) is 0 Å². The van der Waals surface area contributed by atoms with Crippen LogP contribution in [0.25, 0.3) is 12.2 Å². The van der Waals surface area contributed by atoms with Gasteiger partial charge < -0.3 is 0 Å². The average molecular weight is 238 g/mol. The average Bonchev–Trinajstić information content (AvgIpc) is 2.91. The fourth-order valence-electron chi connectivity index (χ4n) is 1.14. The Labute approximate surface area is 102 Å².